The summed E-state index contributed by atoms with van der Waals surface area (Å²) in [6.45, 7) is 4.15. The van der Waals surface area contributed by atoms with Crippen LogP contribution in [-0.2, 0) is 4.79 Å². The van der Waals surface area contributed by atoms with E-state index >= 15 is 0 Å². The summed E-state index contributed by atoms with van der Waals surface area (Å²) in [5.41, 5.74) is 8.48. The van der Waals surface area contributed by atoms with Crippen LogP contribution in [-0.4, -0.2) is 30.4 Å². The molecule has 0 atom stereocenters. The smallest absolute Gasteiger partial charge is 0.241 e. The molecule has 1 aliphatic rings. The zero-order chi connectivity index (χ0) is 12.3. The minimum absolute atomic E-state index is 0.171. The van der Waals surface area contributed by atoms with Crippen LogP contribution in [0.25, 0.3) is 0 Å². The lowest BCUT2D eigenvalue weighted by Crippen LogP contribution is -2.33. The van der Waals surface area contributed by atoms with Crippen molar-refractivity contribution < 1.29 is 4.79 Å². The fourth-order valence-electron chi connectivity index (χ4n) is 2.08. The monoisotopic (exact) mass is 233 g/mol. The van der Waals surface area contributed by atoms with Gasteiger partial charge in [-0.2, -0.15) is 0 Å². The normalized spacial score (nSPS) is 15.0. The van der Waals surface area contributed by atoms with Gasteiger partial charge >= 0.3 is 0 Å². The maximum atomic E-state index is 11.8. The molecule has 17 heavy (non-hydrogen) atoms. The molecule has 0 spiro atoms. The van der Waals surface area contributed by atoms with Crippen molar-refractivity contribution in [3.8, 4) is 0 Å². The predicted octanol–water partition coefficient (Wildman–Crippen LogP) is 1.61. The number of nitrogens with two attached hydrogens (primary N) is 1. The summed E-state index contributed by atoms with van der Waals surface area (Å²) in [5, 5.41) is 3.16. The van der Waals surface area contributed by atoms with Gasteiger partial charge in [-0.15, -0.1) is 0 Å². The molecule has 4 heteroatoms. The number of nitrogen functional groups attached to an aromatic ring is 1. The Hall–Kier alpha value is -1.71. The highest BCUT2D eigenvalue weighted by atomic mass is 16.2. The van der Waals surface area contributed by atoms with E-state index in [4.69, 9.17) is 5.73 Å². The van der Waals surface area contributed by atoms with Crippen molar-refractivity contribution in [1.29, 1.82) is 0 Å². The zero-order valence-corrected chi connectivity index (χ0v) is 10.2. The van der Waals surface area contributed by atoms with Crippen molar-refractivity contribution in [1.82, 2.24) is 4.90 Å². The quantitative estimate of drug-likeness (QED) is 0.780. The Bertz CT molecular complexity index is 411. The number of aryl methyl sites for hydroxylation is 1. The molecule has 0 aliphatic carbocycles. The van der Waals surface area contributed by atoms with Gasteiger partial charge in [-0.3, -0.25) is 4.79 Å². The van der Waals surface area contributed by atoms with Crippen molar-refractivity contribution in [2.24, 2.45) is 0 Å². The number of carbonyl (C=O) groups is 1. The van der Waals surface area contributed by atoms with E-state index in [1.54, 1.807) is 0 Å². The van der Waals surface area contributed by atoms with Crippen LogP contribution in [0.2, 0.25) is 0 Å². The number of nitrogens with zero attached hydrogens (tertiary/aromatic N) is 1. The van der Waals surface area contributed by atoms with Crippen LogP contribution < -0.4 is 11.1 Å². The van der Waals surface area contributed by atoms with Crippen LogP contribution in [0.3, 0.4) is 0 Å². The van der Waals surface area contributed by atoms with Crippen LogP contribution in [0, 0.1) is 6.92 Å². The minimum atomic E-state index is 0.171. The Morgan fingerprint density at radius 2 is 2.12 bits per heavy atom. The molecule has 4 nitrogen and oxygen atoms in total. The van der Waals surface area contributed by atoms with Crippen molar-refractivity contribution in [3.05, 3.63) is 23.8 Å². The first-order valence-corrected chi connectivity index (χ1v) is 6.04. The average Bonchev–Trinajstić information content (AvgIpc) is 2.83. The molecule has 0 saturated carbocycles. The van der Waals surface area contributed by atoms with Crippen LogP contribution in [0.4, 0.5) is 11.4 Å². The lowest BCUT2D eigenvalue weighted by atomic mass is 10.2. The molecule has 1 aromatic carbocycles. The van der Waals surface area contributed by atoms with Crippen LogP contribution in [0.15, 0.2) is 18.2 Å². The SMILES string of the molecule is Cc1ccc(N)cc1NCC(=O)N1CCCC1. The molecule has 3 N–H and O–H groups in total. The molecular weight excluding hydrogens is 214 g/mol. The number of amides is 1. The summed E-state index contributed by atoms with van der Waals surface area (Å²) >= 11 is 0. The molecular formula is C13H19N3O. The third-order valence-electron chi connectivity index (χ3n) is 3.15. The summed E-state index contributed by atoms with van der Waals surface area (Å²) in [7, 11) is 0. The molecule has 1 amide bonds. The molecule has 1 aliphatic heterocycles. The Labute approximate surface area is 102 Å². The first-order chi connectivity index (χ1) is 8.16. The third kappa shape index (κ3) is 2.90. The first-order valence-electron chi connectivity index (χ1n) is 6.04. The molecule has 0 unspecified atom stereocenters. The Morgan fingerprint density at radius 3 is 2.82 bits per heavy atom. The number of carbonyl (C=O) groups excluding carboxylic acids is 1. The zero-order valence-electron chi connectivity index (χ0n) is 10.2. The number of nitrogens with one attached hydrogen (secondary N) is 1. The van der Waals surface area contributed by atoms with Gasteiger partial charge in [0.05, 0.1) is 6.54 Å². The molecule has 92 valence electrons. The summed E-state index contributed by atoms with van der Waals surface area (Å²) < 4.78 is 0. The maximum Gasteiger partial charge on any atom is 0.241 e. The van der Waals surface area contributed by atoms with Crippen LogP contribution >= 0.6 is 0 Å². The first kappa shape index (κ1) is 11.8. The number of likely N-dealkylation sites (tertiary alicyclic amines) is 1. The Kier molecular flexibility index (Phi) is 3.52. The van der Waals surface area contributed by atoms with Crippen molar-refractivity contribution in [2.45, 2.75) is 19.8 Å². The summed E-state index contributed by atoms with van der Waals surface area (Å²) in [6, 6.07) is 5.69. The highest BCUT2D eigenvalue weighted by molar-refractivity contribution is 5.81. The van der Waals surface area contributed by atoms with Gasteiger partial charge in [-0.25, -0.2) is 0 Å². The molecule has 0 aromatic heterocycles. The molecule has 1 saturated heterocycles. The predicted molar refractivity (Wildman–Crippen MR) is 69.9 cm³/mol. The number of hydrogen-bond acceptors (Lipinski definition) is 3. The number of hydrogen-bond donors (Lipinski definition) is 2. The second-order valence-corrected chi connectivity index (χ2v) is 4.52. The van der Waals surface area contributed by atoms with Gasteiger partial charge in [-0.1, -0.05) is 6.07 Å². The van der Waals surface area contributed by atoms with E-state index in [1.165, 1.54) is 0 Å². The Balaban J connectivity index is 1.92. The lowest BCUT2D eigenvalue weighted by molar-refractivity contribution is -0.128. The summed E-state index contributed by atoms with van der Waals surface area (Å²) in [5.74, 6) is 0.171. The van der Waals surface area contributed by atoms with E-state index in [1.807, 2.05) is 30.0 Å². The van der Waals surface area contributed by atoms with E-state index in [0.29, 0.717) is 12.2 Å². The van der Waals surface area contributed by atoms with Gasteiger partial charge in [-0.05, 0) is 37.5 Å². The van der Waals surface area contributed by atoms with E-state index in [9.17, 15) is 4.79 Å². The topological polar surface area (TPSA) is 58.4 Å². The van der Waals surface area contributed by atoms with Crippen LogP contribution in [0.1, 0.15) is 18.4 Å². The maximum absolute atomic E-state index is 11.8. The lowest BCUT2D eigenvalue weighted by Gasteiger charge is -2.16. The van der Waals surface area contributed by atoms with Crippen molar-refractivity contribution >= 4 is 17.3 Å². The average molecular weight is 233 g/mol. The van der Waals surface area contributed by atoms with Crippen molar-refractivity contribution in [2.75, 3.05) is 30.7 Å². The minimum Gasteiger partial charge on any atom is -0.399 e. The molecule has 0 radical (unpaired) electrons. The largest absolute Gasteiger partial charge is 0.399 e. The van der Waals surface area contributed by atoms with Crippen molar-refractivity contribution in [3.63, 3.8) is 0 Å². The van der Waals surface area contributed by atoms with Gasteiger partial charge in [0.2, 0.25) is 5.91 Å². The van der Waals surface area contributed by atoms with E-state index < -0.39 is 0 Å². The number of benzene rings is 1. The van der Waals surface area contributed by atoms with Crippen LogP contribution in [0.5, 0.6) is 0 Å². The molecule has 1 fully saturated rings. The van der Waals surface area contributed by atoms with Gasteiger partial charge in [0.1, 0.15) is 0 Å². The Morgan fingerprint density at radius 1 is 1.41 bits per heavy atom. The second-order valence-electron chi connectivity index (χ2n) is 4.52. The number of anilines is 2. The van der Waals surface area contributed by atoms with Gasteiger partial charge < -0.3 is 16.0 Å². The standard InChI is InChI=1S/C13H19N3O/c1-10-4-5-11(14)8-12(10)15-9-13(17)16-6-2-3-7-16/h4-5,8,15H,2-3,6-7,9,14H2,1H3. The third-order valence-corrected chi connectivity index (χ3v) is 3.15. The summed E-state index contributed by atoms with van der Waals surface area (Å²) in [6.07, 6.45) is 2.26. The van der Waals surface area contributed by atoms with Gasteiger partial charge in [0.25, 0.3) is 0 Å². The highest BCUT2D eigenvalue weighted by Crippen LogP contribution is 2.18. The van der Waals surface area contributed by atoms with E-state index in [2.05, 4.69) is 5.32 Å². The fourth-order valence-corrected chi connectivity index (χ4v) is 2.08. The molecule has 2 rings (SSSR count). The molecule has 1 aromatic rings. The van der Waals surface area contributed by atoms with E-state index in [0.717, 1.165) is 37.2 Å². The van der Waals surface area contributed by atoms with Gasteiger partial charge in [0.15, 0.2) is 0 Å². The highest BCUT2D eigenvalue weighted by Gasteiger charge is 2.17. The second kappa shape index (κ2) is 5.08. The number of rotatable bonds is 3. The van der Waals surface area contributed by atoms with Gasteiger partial charge in [0, 0.05) is 24.5 Å². The summed E-state index contributed by atoms with van der Waals surface area (Å²) in [4.78, 5) is 13.8. The van der Waals surface area contributed by atoms with E-state index in [-0.39, 0.29) is 5.91 Å². The molecule has 0 bridgehead atoms. The molecule has 1 heterocycles. The fraction of sp³-hybridized carbons (Fsp3) is 0.462.